The number of carbonyl (C=O) groups is 1. The minimum absolute atomic E-state index is 0.00471. The number of fused-ring (bicyclic) bond motifs is 2. The van der Waals surface area contributed by atoms with Crippen LogP contribution in [0.1, 0.15) is 48.8 Å². The van der Waals surface area contributed by atoms with Crippen LogP contribution in [-0.4, -0.2) is 48.8 Å². The number of amides is 1. The molecule has 4 aromatic rings. The Balaban J connectivity index is 1.25. The van der Waals surface area contributed by atoms with Gasteiger partial charge < -0.3 is 19.6 Å². The summed E-state index contributed by atoms with van der Waals surface area (Å²) in [5.41, 5.74) is 4.07. The van der Waals surface area contributed by atoms with Gasteiger partial charge in [-0.1, -0.05) is 18.2 Å². The molecule has 2 atom stereocenters. The van der Waals surface area contributed by atoms with Crippen LogP contribution in [0.15, 0.2) is 55.1 Å². The van der Waals surface area contributed by atoms with E-state index in [0.29, 0.717) is 18.4 Å². The van der Waals surface area contributed by atoms with E-state index in [1.807, 2.05) is 46.1 Å². The van der Waals surface area contributed by atoms with Crippen molar-refractivity contribution >= 4 is 22.5 Å². The van der Waals surface area contributed by atoms with Gasteiger partial charge in [0, 0.05) is 31.4 Å². The fourth-order valence-electron chi connectivity index (χ4n) is 4.72. The van der Waals surface area contributed by atoms with Gasteiger partial charge in [0.1, 0.15) is 0 Å². The molecule has 0 bridgehead atoms. The largest absolute Gasteiger partial charge is 0.334 e. The van der Waals surface area contributed by atoms with Crippen LogP contribution in [0.2, 0.25) is 0 Å². The number of pyridine rings is 1. The highest BCUT2D eigenvalue weighted by Crippen LogP contribution is 2.25. The average Bonchev–Trinajstić information content (AvgIpc) is 3.45. The van der Waals surface area contributed by atoms with Crippen molar-refractivity contribution in [2.45, 2.75) is 51.2 Å². The summed E-state index contributed by atoms with van der Waals surface area (Å²) in [6.07, 6.45) is 10.1. The van der Waals surface area contributed by atoms with Crippen LogP contribution in [-0.2, 0) is 6.54 Å². The van der Waals surface area contributed by atoms with E-state index < -0.39 is 0 Å². The number of carbonyl (C=O) groups excluding carboxylic acids is 1. The summed E-state index contributed by atoms with van der Waals surface area (Å²) in [6.45, 7) is 3.55. The lowest BCUT2D eigenvalue weighted by Crippen LogP contribution is -2.47. The molecule has 1 saturated carbocycles. The van der Waals surface area contributed by atoms with Crippen molar-refractivity contribution in [1.29, 1.82) is 0 Å². The Kier molecular flexibility index (Phi) is 5.42. The number of nitrogens with zero attached hydrogens (tertiary/aromatic N) is 4. The number of imidazole rings is 2. The van der Waals surface area contributed by atoms with Gasteiger partial charge >= 0.3 is 0 Å². The predicted octanol–water partition coefficient (Wildman–Crippen LogP) is 3.77. The SMILES string of the molecule is CCN(C(=O)c1nc2ccccc2[nH]1)[C@H]1CCC[C@@H](NCc2ccc3cncn3c2)C1. The molecule has 31 heavy (non-hydrogen) atoms. The number of hydrogen-bond donors (Lipinski definition) is 2. The molecule has 7 nitrogen and oxygen atoms in total. The highest BCUT2D eigenvalue weighted by molar-refractivity contribution is 5.94. The maximum Gasteiger partial charge on any atom is 0.289 e. The number of nitrogens with one attached hydrogen (secondary N) is 2. The molecule has 1 aliphatic carbocycles. The number of aromatic amines is 1. The molecule has 1 fully saturated rings. The lowest BCUT2D eigenvalue weighted by Gasteiger charge is -2.37. The van der Waals surface area contributed by atoms with Gasteiger partial charge in [-0.25, -0.2) is 9.97 Å². The predicted molar refractivity (Wildman–Crippen MR) is 121 cm³/mol. The summed E-state index contributed by atoms with van der Waals surface area (Å²) in [7, 11) is 0. The van der Waals surface area contributed by atoms with Crippen LogP contribution in [0.25, 0.3) is 16.6 Å². The number of H-pyrrole nitrogens is 1. The van der Waals surface area contributed by atoms with Crippen molar-refractivity contribution in [3.05, 3.63) is 66.5 Å². The smallest absolute Gasteiger partial charge is 0.289 e. The monoisotopic (exact) mass is 416 g/mol. The lowest BCUT2D eigenvalue weighted by atomic mass is 9.89. The fraction of sp³-hybridized carbons (Fsp3) is 0.375. The first-order valence-electron chi connectivity index (χ1n) is 11.1. The fourth-order valence-corrected chi connectivity index (χ4v) is 4.72. The summed E-state index contributed by atoms with van der Waals surface area (Å²) in [4.78, 5) is 27.1. The Labute approximate surface area is 181 Å². The Morgan fingerprint density at radius 2 is 2.16 bits per heavy atom. The van der Waals surface area contributed by atoms with E-state index in [1.54, 1.807) is 0 Å². The normalized spacial score (nSPS) is 19.1. The van der Waals surface area contributed by atoms with Gasteiger partial charge in [-0.05, 0) is 56.4 Å². The van der Waals surface area contributed by atoms with Gasteiger partial charge in [0.25, 0.3) is 5.91 Å². The summed E-state index contributed by atoms with van der Waals surface area (Å²) >= 11 is 0. The third-order valence-corrected chi connectivity index (χ3v) is 6.34. The highest BCUT2D eigenvalue weighted by Gasteiger charge is 2.30. The number of para-hydroxylation sites is 2. The Morgan fingerprint density at radius 3 is 3.03 bits per heavy atom. The molecule has 0 aliphatic heterocycles. The molecule has 0 saturated heterocycles. The molecule has 3 aromatic heterocycles. The van der Waals surface area contributed by atoms with E-state index in [9.17, 15) is 4.79 Å². The highest BCUT2D eigenvalue weighted by atomic mass is 16.2. The summed E-state index contributed by atoms with van der Waals surface area (Å²) in [5, 5.41) is 3.71. The van der Waals surface area contributed by atoms with Crippen molar-refractivity contribution in [1.82, 2.24) is 29.6 Å². The van der Waals surface area contributed by atoms with E-state index in [-0.39, 0.29) is 11.9 Å². The van der Waals surface area contributed by atoms with Gasteiger partial charge in [0.15, 0.2) is 5.82 Å². The molecule has 0 radical (unpaired) electrons. The number of benzene rings is 1. The van der Waals surface area contributed by atoms with Crippen molar-refractivity contribution in [2.75, 3.05) is 6.54 Å². The first kappa shape index (κ1) is 19.8. The number of aromatic nitrogens is 4. The second-order valence-electron chi connectivity index (χ2n) is 8.36. The third-order valence-electron chi connectivity index (χ3n) is 6.34. The number of rotatable bonds is 6. The van der Waals surface area contributed by atoms with Crippen LogP contribution < -0.4 is 5.32 Å². The molecule has 160 valence electrons. The Morgan fingerprint density at radius 1 is 1.26 bits per heavy atom. The van der Waals surface area contributed by atoms with Crippen molar-refractivity contribution in [2.24, 2.45) is 0 Å². The third kappa shape index (κ3) is 4.05. The van der Waals surface area contributed by atoms with Gasteiger partial charge in [0.05, 0.1) is 29.1 Å². The Bertz CT molecular complexity index is 1160. The minimum Gasteiger partial charge on any atom is -0.334 e. The summed E-state index contributed by atoms with van der Waals surface area (Å²) < 4.78 is 2.05. The summed E-state index contributed by atoms with van der Waals surface area (Å²) in [6, 6.07) is 12.7. The molecule has 3 heterocycles. The standard InChI is InChI=1S/C24H28N6O/c1-2-30(24(31)23-27-21-8-3-4-9-22(21)28-23)19-7-5-6-18(12-19)26-13-17-10-11-20-14-25-16-29(20)15-17/h3-4,8-11,14-16,18-19,26H,2,5-7,12-13H2,1H3,(H,27,28)/t18-,19+/m1/s1. The van der Waals surface area contributed by atoms with Crippen molar-refractivity contribution < 1.29 is 4.79 Å². The molecule has 1 aliphatic rings. The molecular formula is C24H28N6O. The molecule has 0 spiro atoms. The first-order chi connectivity index (χ1) is 15.2. The minimum atomic E-state index is -0.00471. The van der Waals surface area contributed by atoms with E-state index >= 15 is 0 Å². The van der Waals surface area contributed by atoms with Gasteiger partial charge in [-0.2, -0.15) is 0 Å². The quantitative estimate of drug-likeness (QED) is 0.501. The lowest BCUT2D eigenvalue weighted by molar-refractivity contribution is 0.0617. The van der Waals surface area contributed by atoms with Gasteiger partial charge in [-0.15, -0.1) is 0 Å². The van der Waals surface area contributed by atoms with Crippen LogP contribution in [0.3, 0.4) is 0 Å². The maximum absolute atomic E-state index is 13.2. The average molecular weight is 417 g/mol. The molecule has 0 unspecified atom stereocenters. The van der Waals surface area contributed by atoms with E-state index in [0.717, 1.165) is 48.8 Å². The second kappa shape index (κ2) is 8.51. The van der Waals surface area contributed by atoms with Crippen LogP contribution in [0, 0.1) is 0 Å². The Hall–Kier alpha value is -3.19. The van der Waals surface area contributed by atoms with E-state index in [2.05, 4.69) is 45.5 Å². The number of hydrogen-bond acceptors (Lipinski definition) is 4. The first-order valence-corrected chi connectivity index (χ1v) is 11.1. The van der Waals surface area contributed by atoms with Crippen molar-refractivity contribution in [3.63, 3.8) is 0 Å². The van der Waals surface area contributed by atoms with E-state index in [4.69, 9.17) is 0 Å². The molecular weight excluding hydrogens is 388 g/mol. The summed E-state index contributed by atoms with van der Waals surface area (Å²) in [5.74, 6) is 0.432. The van der Waals surface area contributed by atoms with Gasteiger partial charge in [-0.3, -0.25) is 4.79 Å². The zero-order valence-electron chi connectivity index (χ0n) is 17.8. The van der Waals surface area contributed by atoms with E-state index in [1.165, 1.54) is 5.56 Å². The molecule has 2 N–H and O–H groups in total. The van der Waals surface area contributed by atoms with Crippen LogP contribution in [0.4, 0.5) is 0 Å². The molecule has 5 rings (SSSR count). The topological polar surface area (TPSA) is 78.3 Å². The second-order valence-corrected chi connectivity index (χ2v) is 8.36. The van der Waals surface area contributed by atoms with Crippen LogP contribution >= 0.6 is 0 Å². The zero-order chi connectivity index (χ0) is 21.2. The molecule has 1 amide bonds. The maximum atomic E-state index is 13.2. The van der Waals surface area contributed by atoms with Crippen molar-refractivity contribution in [3.8, 4) is 0 Å². The molecule has 7 heteroatoms. The van der Waals surface area contributed by atoms with Crippen LogP contribution in [0.5, 0.6) is 0 Å². The van der Waals surface area contributed by atoms with Gasteiger partial charge in [0.2, 0.25) is 0 Å². The zero-order valence-corrected chi connectivity index (χ0v) is 17.8. The molecule has 1 aromatic carbocycles.